The fraction of sp³-hybridized carbons (Fsp3) is 0.200. The lowest BCUT2D eigenvalue weighted by Gasteiger charge is -2.13. The fourth-order valence-electron chi connectivity index (χ4n) is 1.75. The Balaban J connectivity index is 1.85. The molecular formula is C15H16N2O4. The highest BCUT2D eigenvalue weighted by atomic mass is 16.5. The number of para-hydroxylation sites is 1. The van der Waals surface area contributed by atoms with E-state index in [0.717, 1.165) is 0 Å². The van der Waals surface area contributed by atoms with Crippen LogP contribution < -0.4 is 10.6 Å². The van der Waals surface area contributed by atoms with Gasteiger partial charge in [0.15, 0.2) is 0 Å². The van der Waals surface area contributed by atoms with Gasteiger partial charge in [-0.25, -0.2) is 0 Å². The summed E-state index contributed by atoms with van der Waals surface area (Å²) < 4.78 is 10.4. The number of benzene rings is 1. The van der Waals surface area contributed by atoms with Gasteiger partial charge < -0.3 is 19.8 Å². The van der Waals surface area contributed by atoms with E-state index < -0.39 is 17.9 Å². The van der Waals surface area contributed by atoms with E-state index in [1.165, 1.54) is 13.4 Å². The summed E-state index contributed by atoms with van der Waals surface area (Å²) in [4.78, 5) is 23.4. The lowest BCUT2D eigenvalue weighted by molar-refractivity contribution is -0.136. The largest absolute Gasteiger partial charge is 0.467 e. The van der Waals surface area contributed by atoms with Crippen molar-refractivity contribution in [1.29, 1.82) is 0 Å². The lowest BCUT2D eigenvalue weighted by atomic mass is 10.2. The Morgan fingerprint density at radius 3 is 2.52 bits per heavy atom. The Hall–Kier alpha value is -2.60. The summed E-state index contributed by atoms with van der Waals surface area (Å²) in [5, 5.41) is 5.01. The normalized spacial score (nSPS) is 11.7. The third-order valence-electron chi connectivity index (χ3n) is 2.83. The second-order valence-electron chi connectivity index (χ2n) is 4.27. The maximum Gasteiger partial charge on any atom is 0.313 e. The molecule has 1 atom stereocenters. The highest BCUT2D eigenvalue weighted by molar-refractivity contribution is 6.39. The van der Waals surface area contributed by atoms with Crippen LogP contribution in [0.5, 0.6) is 0 Å². The SMILES string of the molecule is CO[C@H](CNC(=O)C(=O)Nc1ccccc1)c1ccco1. The summed E-state index contributed by atoms with van der Waals surface area (Å²) in [6.07, 6.45) is 1.08. The number of hydrogen-bond donors (Lipinski definition) is 2. The average Bonchev–Trinajstić information content (AvgIpc) is 3.03. The van der Waals surface area contributed by atoms with Crippen LogP contribution in [0.1, 0.15) is 11.9 Å². The van der Waals surface area contributed by atoms with Gasteiger partial charge in [-0.05, 0) is 24.3 Å². The van der Waals surface area contributed by atoms with Crippen molar-refractivity contribution >= 4 is 17.5 Å². The predicted molar refractivity (Wildman–Crippen MR) is 76.5 cm³/mol. The van der Waals surface area contributed by atoms with Crippen LogP contribution in [0, 0.1) is 0 Å². The standard InChI is InChI=1S/C15H16N2O4/c1-20-13(12-8-5-9-21-12)10-16-14(18)15(19)17-11-6-3-2-4-7-11/h2-9,13H,10H2,1H3,(H,16,18)(H,17,19)/t13-/m1/s1. The van der Waals surface area contributed by atoms with Gasteiger partial charge in [0.25, 0.3) is 0 Å². The maximum absolute atomic E-state index is 11.7. The summed E-state index contributed by atoms with van der Waals surface area (Å²) in [5.41, 5.74) is 0.562. The first kappa shape index (κ1) is 14.8. The van der Waals surface area contributed by atoms with Crippen molar-refractivity contribution in [2.24, 2.45) is 0 Å². The molecule has 6 heteroatoms. The van der Waals surface area contributed by atoms with Gasteiger partial charge in [-0.1, -0.05) is 18.2 Å². The minimum Gasteiger partial charge on any atom is -0.467 e. The zero-order valence-corrected chi connectivity index (χ0v) is 11.5. The van der Waals surface area contributed by atoms with Gasteiger partial charge in [-0.2, -0.15) is 0 Å². The zero-order chi connectivity index (χ0) is 15.1. The number of nitrogens with one attached hydrogen (secondary N) is 2. The summed E-state index contributed by atoms with van der Waals surface area (Å²) in [6.45, 7) is 0.144. The summed E-state index contributed by atoms with van der Waals surface area (Å²) >= 11 is 0. The van der Waals surface area contributed by atoms with Crippen molar-refractivity contribution in [1.82, 2.24) is 5.32 Å². The van der Waals surface area contributed by atoms with Crippen LogP contribution in [0.2, 0.25) is 0 Å². The number of methoxy groups -OCH3 is 1. The van der Waals surface area contributed by atoms with E-state index >= 15 is 0 Å². The predicted octanol–water partition coefficient (Wildman–Crippen LogP) is 1.72. The van der Waals surface area contributed by atoms with Gasteiger partial charge in [0.2, 0.25) is 0 Å². The molecule has 0 saturated heterocycles. The van der Waals surface area contributed by atoms with Crippen LogP contribution in [0.25, 0.3) is 0 Å². The Morgan fingerprint density at radius 2 is 1.90 bits per heavy atom. The van der Waals surface area contributed by atoms with Crippen LogP contribution in [-0.2, 0) is 14.3 Å². The van der Waals surface area contributed by atoms with Crippen molar-refractivity contribution < 1.29 is 18.7 Å². The van der Waals surface area contributed by atoms with Crippen molar-refractivity contribution in [2.45, 2.75) is 6.10 Å². The second kappa shape index (κ2) is 7.25. The van der Waals surface area contributed by atoms with Crippen LogP contribution >= 0.6 is 0 Å². The molecule has 0 aliphatic heterocycles. The van der Waals surface area contributed by atoms with Crippen molar-refractivity contribution in [3.63, 3.8) is 0 Å². The number of anilines is 1. The van der Waals surface area contributed by atoms with E-state index in [1.807, 2.05) is 6.07 Å². The van der Waals surface area contributed by atoms with Gasteiger partial charge in [-0.15, -0.1) is 0 Å². The molecule has 2 amide bonds. The van der Waals surface area contributed by atoms with Gasteiger partial charge in [0.05, 0.1) is 12.8 Å². The van der Waals surface area contributed by atoms with Crippen LogP contribution in [0.4, 0.5) is 5.69 Å². The quantitative estimate of drug-likeness (QED) is 0.821. The van der Waals surface area contributed by atoms with Gasteiger partial charge in [0, 0.05) is 12.8 Å². The van der Waals surface area contributed by atoms with E-state index in [1.54, 1.807) is 36.4 Å². The summed E-state index contributed by atoms with van der Waals surface area (Å²) in [7, 11) is 1.50. The third-order valence-corrected chi connectivity index (χ3v) is 2.83. The molecule has 2 N–H and O–H groups in total. The number of amides is 2. The highest BCUT2D eigenvalue weighted by Crippen LogP contribution is 2.15. The Morgan fingerprint density at radius 1 is 1.14 bits per heavy atom. The Kier molecular flexibility index (Phi) is 5.11. The van der Waals surface area contributed by atoms with E-state index in [9.17, 15) is 9.59 Å². The molecule has 0 bridgehead atoms. The van der Waals surface area contributed by atoms with E-state index in [0.29, 0.717) is 11.4 Å². The first-order valence-electron chi connectivity index (χ1n) is 6.41. The van der Waals surface area contributed by atoms with Crippen LogP contribution in [-0.4, -0.2) is 25.5 Å². The fourth-order valence-corrected chi connectivity index (χ4v) is 1.75. The number of carbonyl (C=O) groups excluding carboxylic acids is 2. The molecule has 0 unspecified atom stereocenters. The van der Waals surface area contributed by atoms with Gasteiger partial charge >= 0.3 is 11.8 Å². The Labute approximate surface area is 122 Å². The molecular weight excluding hydrogens is 272 g/mol. The minimum atomic E-state index is -0.729. The van der Waals surface area contributed by atoms with Gasteiger partial charge in [0.1, 0.15) is 11.9 Å². The van der Waals surface area contributed by atoms with Crippen molar-refractivity contribution in [3.8, 4) is 0 Å². The van der Waals surface area contributed by atoms with Crippen molar-refractivity contribution in [3.05, 3.63) is 54.5 Å². The minimum absolute atomic E-state index is 0.144. The molecule has 0 fully saturated rings. The second-order valence-corrected chi connectivity index (χ2v) is 4.27. The smallest absolute Gasteiger partial charge is 0.313 e. The average molecular weight is 288 g/mol. The number of hydrogen-bond acceptors (Lipinski definition) is 4. The number of ether oxygens (including phenoxy) is 1. The first-order chi connectivity index (χ1) is 10.2. The molecule has 0 saturated carbocycles. The Bertz CT molecular complexity index is 581. The molecule has 2 rings (SSSR count). The first-order valence-corrected chi connectivity index (χ1v) is 6.41. The summed E-state index contributed by atoms with van der Waals surface area (Å²) in [6, 6.07) is 12.2. The lowest BCUT2D eigenvalue weighted by Crippen LogP contribution is -2.37. The molecule has 6 nitrogen and oxygen atoms in total. The molecule has 2 aromatic rings. The highest BCUT2D eigenvalue weighted by Gasteiger charge is 2.18. The van der Waals surface area contributed by atoms with Crippen LogP contribution in [0.15, 0.2) is 53.1 Å². The maximum atomic E-state index is 11.7. The topological polar surface area (TPSA) is 80.6 Å². The van der Waals surface area contributed by atoms with E-state index in [4.69, 9.17) is 9.15 Å². The molecule has 21 heavy (non-hydrogen) atoms. The van der Waals surface area contributed by atoms with Crippen LogP contribution in [0.3, 0.4) is 0 Å². The zero-order valence-electron chi connectivity index (χ0n) is 11.5. The number of furan rings is 1. The van der Waals surface area contributed by atoms with Crippen molar-refractivity contribution in [2.75, 3.05) is 19.0 Å². The third kappa shape index (κ3) is 4.19. The molecule has 0 aliphatic carbocycles. The number of rotatable bonds is 5. The summed E-state index contributed by atoms with van der Waals surface area (Å²) in [5.74, 6) is -0.871. The monoisotopic (exact) mass is 288 g/mol. The molecule has 110 valence electrons. The number of carbonyl (C=O) groups is 2. The molecule has 1 heterocycles. The van der Waals surface area contributed by atoms with Gasteiger partial charge in [-0.3, -0.25) is 9.59 Å². The van der Waals surface area contributed by atoms with E-state index in [2.05, 4.69) is 10.6 Å². The van der Waals surface area contributed by atoms with E-state index in [-0.39, 0.29) is 6.54 Å². The molecule has 0 spiro atoms. The molecule has 1 aromatic carbocycles. The molecule has 0 aliphatic rings. The molecule has 0 radical (unpaired) electrons. The molecule has 1 aromatic heterocycles.